The van der Waals surface area contributed by atoms with Gasteiger partial charge in [-0.2, -0.15) is 0 Å². The maximum atomic E-state index is 13.2. The van der Waals surface area contributed by atoms with Crippen LogP contribution in [-0.4, -0.2) is 83.0 Å². The number of benzene rings is 3. The van der Waals surface area contributed by atoms with Gasteiger partial charge in [-0.3, -0.25) is 29.4 Å². The summed E-state index contributed by atoms with van der Waals surface area (Å²) in [4.78, 5) is 62.7. The number of nitrogens with one attached hydrogen (secondary N) is 2. The molecule has 1 unspecified atom stereocenters. The molecule has 2 aliphatic carbocycles. The second kappa shape index (κ2) is 14.0. The first-order chi connectivity index (χ1) is 27.7. The van der Waals surface area contributed by atoms with Crippen LogP contribution in [0, 0.1) is 5.41 Å². The summed E-state index contributed by atoms with van der Waals surface area (Å²) in [6.07, 6.45) is 8.21. The summed E-state index contributed by atoms with van der Waals surface area (Å²) in [6, 6.07) is 23.3. The van der Waals surface area contributed by atoms with E-state index in [1.165, 1.54) is 24.0 Å². The summed E-state index contributed by atoms with van der Waals surface area (Å²) < 4.78 is 17.9. The maximum Gasteiger partial charge on any atom is 0.262 e. The molecule has 1 spiro atoms. The van der Waals surface area contributed by atoms with Crippen molar-refractivity contribution in [2.75, 3.05) is 36.5 Å². The van der Waals surface area contributed by atoms with Gasteiger partial charge in [0.15, 0.2) is 0 Å². The van der Waals surface area contributed by atoms with Crippen LogP contribution in [0.1, 0.15) is 88.9 Å². The molecule has 4 aromatic rings. The monoisotopic (exact) mass is 768 g/mol. The van der Waals surface area contributed by atoms with Crippen molar-refractivity contribution in [2.24, 2.45) is 5.41 Å². The Balaban J connectivity index is 0.726. The van der Waals surface area contributed by atoms with Gasteiger partial charge in [-0.1, -0.05) is 37.1 Å². The van der Waals surface area contributed by atoms with Crippen LogP contribution in [0.4, 0.5) is 11.6 Å². The molecule has 13 nitrogen and oxygen atoms in total. The zero-order valence-corrected chi connectivity index (χ0v) is 31.6. The van der Waals surface area contributed by atoms with Gasteiger partial charge in [0.1, 0.15) is 30.3 Å². The van der Waals surface area contributed by atoms with Crippen molar-refractivity contribution in [2.45, 2.75) is 81.6 Å². The summed E-state index contributed by atoms with van der Waals surface area (Å²) in [5, 5.41) is 5.70. The summed E-state index contributed by atoms with van der Waals surface area (Å²) in [5.74, 6) is 0.377. The summed E-state index contributed by atoms with van der Waals surface area (Å²) >= 11 is 0. The van der Waals surface area contributed by atoms with E-state index in [9.17, 15) is 19.2 Å². The highest BCUT2D eigenvalue weighted by Gasteiger charge is 2.50. The molecule has 10 rings (SSSR count). The second-order valence-corrected chi connectivity index (χ2v) is 16.6. The van der Waals surface area contributed by atoms with Gasteiger partial charge in [-0.25, -0.2) is 9.97 Å². The van der Waals surface area contributed by atoms with Crippen LogP contribution in [0.25, 0.3) is 0 Å². The van der Waals surface area contributed by atoms with E-state index in [0.29, 0.717) is 12.0 Å². The fourth-order valence-electron chi connectivity index (χ4n) is 9.47. The van der Waals surface area contributed by atoms with Crippen LogP contribution in [-0.2, 0) is 26.3 Å². The number of nitrogens with zero attached hydrogens (tertiary/aromatic N) is 4. The number of anilines is 2. The molecule has 0 radical (unpaired) electrons. The quantitative estimate of drug-likeness (QED) is 0.194. The van der Waals surface area contributed by atoms with Gasteiger partial charge < -0.3 is 24.4 Å². The van der Waals surface area contributed by atoms with E-state index in [-0.39, 0.29) is 41.5 Å². The first kappa shape index (κ1) is 35.6. The lowest BCUT2D eigenvalue weighted by Gasteiger charge is -2.54. The minimum absolute atomic E-state index is 0.0507. The van der Waals surface area contributed by atoms with Gasteiger partial charge in [0.25, 0.3) is 11.8 Å². The maximum absolute atomic E-state index is 13.2. The lowest BCUT2D eigenvalue weighted by molar-refractivity contribution is -0.136. The topological polar surface area (TPSA) is 152 Å². The third-order valence-electron chi connectivity index (χ3n) is 12.7. The molecular formula is C44H44N6O7. The molecule has 13 heteroatoms. The molecule has 57 heavy (non-hydrogen) atoms. The highest BCUT2D eigenvalue weighted by molar-refractivity contribution is 6.23. The highest BCUT2D eigenvalue weighted by atomic mass is 16.5. The lowest BCUT2D eigenvalue weighted by atomic mass is 9.73. The first-order valence-electron chi connectivity index (χ1n) is 20.0. The van der Waals surface area contributed by atoms with Crippen molar-refractivity contribution in [3.05, 3.63) is 107 Å². The van der Waals surface area contributed by atoms with Crippen molar-refractivity contribution in [3.8, 4) is 11.5 Å². The second-order valence-electron chi connectivity index (χ2n) is 16.6. The van der Waals surface area contributed by atoms with Crippen molar-refractivity contribution < 1.29 is 33.4 Å². The number of imide groups is 2. The predicted octanol–water partition coefficient (Wildman–Crippen LogP) is 5.18. The first-order valence-corrected chi connectivity index (χ1v) is 20.0. The Kier molecular flexibility index (Phi) is 8.73. The fourth-order valence-corrected chi connectivity index (χ4v) is 9.47. The minimum Gasteiger partial charge on any atom is -0.490 e. The van der Waals surface area contributed by atoms with Crippen molar-refractivity contribution >= 4 is 35.3 Å². The third kappa shape index (κ3) is 6.47. The van der Waals surface area contributed by atoms with Crippen LogP contribution >= 0.6 is 0 Å². The predicted molar refractivity (Wildman–Crippen MR) is 208 cm³/mol. The van der Waals surface area contributed by atoms with E-state index in [1.807, 2.05) is 12.3 Å². The van der Waals surface area contributed by atoms with Crippen LogP contribution in [0.3, 0.4) is 0 Å². The SMILES string of the molecule is O=C1CCC(N2C(=O)c3ccc(N[C@H]4C[C@H](Oc5ccc(C6(c7ccc(OCc8ccnc(N9CC%10(COC%10)C9)n8)cc7)CCCC6)cc5)C4)cc3C2=O)C(=O)N1. The molecule has 1 atom stereocenters. The Morgan fingerprint density at radius 3 is 2.23 bits per heavy atom. The number of amides is 4. The van der Waals surface area contributed by atoms with Gasteiger partial charge in [-0.15, -0.1) is 0 Å². The Labute approximate surface area is 330 Å². The standard InChI is InChI=1S/C44H44N6O7/c51-38-14-13-37(39(52)48-38)50-40(53)35-12-7-29(21-36(35)41(50)54)46-31-19-34(20-31)57-33-10-5-28(6-11-33)44(16-1-2-17-44)27-3-8-32(9-4-27)56-22-30-15-18-45-42(47-30)49-23-43(24-49)25-55-26-43/h3-12,15,18,21,31,34,37,46H,1-2,13-14,16-17,19-20,22-26H2,(H,48,51,52)/t31-,34-,37?. The number of fused-ring (bicyclic) bond motifs is 1. The molecule has 2 saturated carbocycles. The molecule has 5 fully saturated rings. The van der Waals surface area contributed by atoms with Crippen LogP contribution in [0.5, 0.6) is 11.5 Å². The number of carbonyl (C=O) groups is 4. The van der Waals surface area contributed by atoms with E-state index in [4.69, 9.17) is 19.2 Å². The molecule has 4 amide bonds. The molecule has 292 valence electrons. The number of hydrogen-bond acceptors (Lipinski definition) is 11. The van der Waals surface area contributed by atoms with Gasteiger partial charge >= 0.3 is 0 Å². The minimum atomic E-state index is -0.983. The van der Waals surface area contributed by atoms with Crippen LogP contribution in [0.2, 0.25) is 0 Å². The number of ether oxygens (including phenoxy) is 3. The largest absolute Gasteiger partial charge is 0.490 e. The molecule has 0 bridgehead atoms. The third-order valence-corrected chi connectivity index (χ3v) is 12.7. The molecule has 3 saturated heterocycles. The zero-order chi connectivity index (χ0) is 38.7. The Bertz CT molecular complexity index is 2240. The van der Waals surface area contributed by atoms with E-state index >= 15 is 0 Å². The molecule has 1 aromatic heterocycles. The number of rotatable bonds is 11. The normalized spacial score (nSPS) is 24.3. The fraction of sp³-hybridized carbons (Fsp3) is 0.409. The lowest BCUT2D eigenvalue weighted by Crippen LogP contribution is -2.66. The van der Waals surface area contributed by atoms with Crippen LogP contribution in [0.15, 0.2) is 79.0 Å². The van der Waals surface area contributed by atoms with E-state index in [2.05, 4.69) is 69.0 Å². The molecule has 4 aliphatic heterocycles. The van der Waals surface area contributed by atoms with Crippen LogP contribution < -0.4 is 25.0 Å². The Morgan fingerprint density at radius 2 is 1.54 bits per heavy atom. The van der Waals surface area contributed by atoms with E-state index in [0.717, 1.165) is 85.7 Å². The average molecular weight is 769 g/mol. The Hall–Kier alpha value is -5.82. The van der Waals surface area contributed by atoms with Gasteiger partial charge in [-0.05, 0) is 78.9 Å². The molecular weight excluding hydrogens is 725 g/mol. The highest BCUT2D eigenvalue weighted by Crippen LogP contribution is 2.47. The summed E-state index contributed by atoms with van der Waals surface area (Å²) in [7, 11) is 0. The molecule has 3 aromatic carbocycles. The average Bonchev–Trinajstić information content (AvgIpc) is 3.76. The number of hydrogen-bond donors (Lipinski definition) is 2. The molecule has 2 N–H and O–H groups in total. The smallest absolute Gasteiger partial charge is 0.262 e. The number of aromatic nitrogens is 2. The Morgan fingerprint density at radius 1 is 0.842 bits per heavy atom. The van der Waals surface area contributed by atoms with Gasteiger partial charge in [0, 0.05) is 55.7 Å². The molecule has 5 heterocycles. The van der Waals surface area contributed by atoms with Crippen molar-refractivity contribution in [1.82, 2.24) is 20.2 Å². The summed E-state index contributed by atoms with van der Waals surface area (Å²) in [5.41, 5.74) is 4.97. The van der Waals surface area contributed by atoms with Crippen molar-refractivity contribution in [1.29, 1.82) is 0 Å². The summed E-state index contributed by atoms with van der Waals surface area (Å²) in [6.45, 7) is 3.94. The van der Waals surface area contributed by atoms with Crippen molar-refractivity contribution in [3.63, 3.8) is 0 Å². The number of piperidine rings is 1. The van der Waals surface area contributed by atoms with Gasteiger partial charge in [0.05, 0.1) is 35.4 Å². The number of carbonyl (C=O) groups excluding carboxylic acids is 4. The van der Waals surface area contributed by atoms with E-state index < -0.39 is 29.7 Å². The van der Waals surface area contributed by atoms with E-state index in [1.54, 1.807) is 18.2 Å². The zero-order valence-electron chi connectivity index (χ0n) is 31.6. The van der Waals surface area contributed by atoms with Gasteiger partial charge in [0.2, 0.25) is 17.8 Å². The molecule has 6 aliphatic rings.